The van der Waals surface area contributed by atoms with E-state index in [1.165, 1.54) is 0 Å². The van der Waals surface area contributed by atoms with Crippen molar-refractivity contribution in [2.45, 2.75) is 26.8 Å². The molecule has 0 saturated carbocycles. The summed E-state index contributed by atoms with van der Waals surface area (Å²) in [6, 6.07) is 9.48. The number of aromatic nitrogens is 1. The van der Waals surface area contributed by atoms with Crippen molar-refractivity contribution in [1.29, 1.82) is 0 Å². The van der Waals surface area contributed by atoms with E-state index in [2.05, 4.69) is 15.6 Å². The number of carbonyl (C=O) groups excluding carboxylic acids is 1. The molecule has 0 atom stereocenters. The van der Waals surface area contributed by atoms with Crippen molar-refractivity contribution < 1.29 is 9.53 Å². The molecule has 1 heterocycles. The summed E-state index contributed by atoms with van der Waals surface area (Å²) in [4.78, 5) is 16.5. The molecule has 0 aliphatic carbocycles. The number of pyridine rings is 1. The van der Waals surface area contributed by atoms with Crippen LogP contribution in [0.15, 0.2) is 36.5 Å². The molecule has 0 fully saturated rings. The first kappa shape index (κ1) is 15.8. The van der Waals surface area contributed by atoms with Crippen molar-refractivity contribution in [3.8, 4) is 5.75 Å². The Labute approximate surface area is 130 Å². The lowest BCUT2D eigenvalue weighted by Gasteiger charge is -2.12. The van der Waals surface area contributed by atoms with Gasteiger partial charge in [-0.15, -0.1) is 0 Å². The number of carbonyl (C=O) groups is 1. The molecule has 2 rings (SSSR count). The van der Waals surface area contributed by atoms with Crippen molar-refractivity contribution in [3.05, 3.63) is 47.8 Å². The zero-order valence-corrected chi connectivity index (χ0v) is 13.3. The third-order valence-electron chi connectivity index (χ3n) is 3.05. The van der Waals surface area contributed by atoms with E-state index in [0.29, 0.717) is 23.2 Å². The lowest BCUT2D eigenvalue weighted by Crippen LogP contribution is -2.15. The predicted molar refractivity (Wildman–Crippen MR) is 88.7 cm³/mol. The van der Waals surface area contributed by atoms with Gasteiger partial charge in [0.05, 0.1) is 24.7 Å². The topological polar surface area (TPSA) is 63.2 Å². The maximum Gasteiger partial charge on any atom is 0.274 e. The third kappa shape index (κ3) is 3.97. The van der Waals surface area contributed by atoms with Crippen molar-refractivity contribution in [3.63, 3.8) is 0 Å². The van der Waals surface area contributed by atoms with Crippen LogP contribution in [-0.4, -0.2) is 24.0 Å². The molecule has 5 heteroatoms. The summed E-state index contributed by atoms with van der Waals surface area (Å²) >= 11 is 0. The minimum absolute atomic E-state index is 0.264. The van der Waals surface area contributed by atoms with Crippen LogP contribution in [0.3, 0.4) is 0 Å². The summed E-state index contributed by atoms with van der Waals surface area (Å²) < 4.78 is 5.25. The second-order valence-electron chi connectivity index (χ2n) is 5.39. The van der Waals surface area contributed by atoms with Crippen LogP contribution in [0.25, 0.3) is 0 Å². The molecule has 2 aromatic rings. The Balaban J connectivity index is 2.14. The zero-order valence-electron chi connectivity index (χ0n) is 13.3. The van der Waals surface area contributed by atoms with E-state index in [0.717, 1.165) is 11.3 Å². The smallest absolute Gasteiger partial charge is 0.274 e. The van der Waals surface area contributed by atoms with Crippen molar-refractivity contribution in [1.82, 2.24) is 4.98 Å². The second-order valence-corrected chi connectivity index (χ2v) is 5.39. The van der Waals surface area contributed by atoms with Crippen LogP contribution in [0.4, 0.5) is 11.4 Å². The van der Waals surface area contributed by atoms with E-state index in [-0.39, 0.29) is 5.91 Å². The first-order valence-corrected chi connectivity index (χ1v) is 7.18. The average Bonchev–Trinajstić information content (AvgIpc) is 2.47. The number of rotatable bonds is 5. The Morgan fingerprint density at radius 1 is 1.23 bits per heavy atom. The highest BCUT2D eigenvalue weighted by molar-refractivity contribution is 6.03. The first-order chi connectivity index (χ1) is 10.5. The number of methoxy groups -OCH3 is 1. The number of amides is 1. The molecule has 5 nitrogen and oxygen atoms in total. The van der Waals surface area contributed by atoms with Gasteiger partial charge in [-0.25, -0.2) is 4.98 Å². The van der Waals surface area contributed by atoms with Gasteiger partial charge in [-0.2, -0.15) is 0 Å². The van der Waals surface area contributed by atoms with E-state index in [1.54, 1.807) is 19.4 Å². The average molecular weight is 299 g/mol. The first-order valence-electron chi connectivity index (χ1n) is 7.18. The SMILES string of the molecule is COc1ccc(C)cc1NC(=O)c1ccc(NC(C)C)cn1. The molecule has 22 heavy (non-hydrogen) atoms. The molecule has 1 aromatic carbocycles. The summed E-state index contributed by atoms with van der Waals surface area (Å²) in [5.74, 6) is 0.358. The number of nitrogens with zero attached hydrogens (tertiary/aromatic N) is 1. The fourth-order valence-corrected chi connectivity index (χ4v) is 2.05. The summed E-state index contributed by atoms with van der Waals surface area (Å²) in [5, 5.41) is 6.06. The van der Waals surface area contributed by atoms with Crippen LogP contribution in [0, 0.1) is 6.92 Å². The van der Waals surface area contributed by atoms with E-state index in [4.69, 9.17) is 4.74 Å². The van der Waals surface area contributed by atoms with E-state index in [9.17, 15) is 4.79 Å². The van der Waals surface area contributed by atoms with Crippen LogP contribution < -0.4 is 15.4 Å². The number of benzene rings is 1. The maximum atomic E-state index is 12.3. The fourth-order valence-electron chi connectivity index (χ4n) is 2.05. The lowest BCUT2D eigenvalue weighted by atomic mass is 10.2. The Kier molecular flexibility index (Phi) is 4.99. The van der Waals surface area contributed by atoms with Crippen molar-refractivity contribution in [2.24, 2.45) is 0 Å². The fraction of sp³-hybridized carbons (Fsp3) is 0.294. The van der Waals surface area contributed by atoms with Gasteiger partial charge >= 0.3 is 0 Å². The Morgan fingerprint density at radius 2 is 2.00 bits per heavy atom. The highest BCUT2D eigenvalue weighted by Gasteiger charge is 2.11. The lowest BCUT2D eigenvalue weighted by molar-refractivity contribution is 0.102. The number of nitrogens with one attached hydrogen (secondary N) is 2. The number of hydrogen-bond donors (Lipinski definition) is 2. The van der Waals surface area contributed by atoms with Gasteiger partial charge in [0, 0.05) is 6.04 Å². The largest absolute Gasteiger partial charge is 0.495 e. The summed E-state index contributed by atoms with van der Waals surface area (Å²) in [7, 11) is 1.57. The monoisotopic (exact) mass is 299 g/mol. The molecular weight excluding hydrogens is 278 g/mol. The van der Waals surface area contributed by atoms with Crippen LogP contribution in [0.2, 0.25) is 0 Å². The highest BCUT2D eigenvalue weighted by atomic mass is 16.5. The van der Waals surface area contributed by atoms with Gasteiger partial charge in [-0.05, 0) is 50.6 Å². The van der Waals surface area contributed by atoms with Crippen LogP contribution in [-0.2, 0) is 0 Å². The van der Waals surface area contributed by atoms with Crippen molar-refractivity contribution in [2.75, 3.05) is 17.7 Å². The third-order valence-corrected chi connectivity index (χ3v) is 3.05. The molecule has 1 amide bonds. The molecule has 0 spiro atoms. The minimum atomic E-state index is -0.264. The molecule has 0 radical (unpaired) electrons. The number of ether oxygens (including phenoxy) is 1. The summed E-state index contributed by atoms with van der Waals surface area (Å²) in [6.07, 6.45) is 1.66. The number of anilines is 2. The molecular formula is C17H21N3O2. The van der Waals surface area contributed by atoms with Gasteiger partial charge in [-0.1, -0.05) is 6.07 Å². The van der Waals surface area contributed by atoms with E-state index in [1.807, 2.05) is 45.0 Å². The van der Waals surface area contributed by atoms with Crippen LogP contribution in [0.1, 0.15) is 29.9 Å². The van der Waals surface area contributed by atoms with Crippen LogP contribution >= 0.6 is 0 Å². The van der Waals surface area contributed by atoms with Gasteiger partial charge in [0.25, 0.3) is 5.91 Å². The molecule has 0 saturated heterocycles. The van der Waals surface area contributed by atoms with Gasteiger partial charge in [0.2, 0.25) is 0 Å². The zero-order chi connectivity index (χ0) is 16.1. The van der Waals surface area contributed by atoms with Gasteiger partial charge < -0.3 is 15.4 Å². The standard InChI is InChI=1S/C17H21N3O2/c1-11(2)19-13-6-7-14(18-10-13)17(21)20-15-9-12(3)5-8-16(15)22-4/h5-11,19H,1-4H3,(H,20,21). The second kappa shape index (κ2) is 6.93. The summed E-state index contributed by atoms with van der Waals surface area (Å²) in [5.41, 5.74) is 2.93. The molecule has 116 valence electrons. The summed E-state index contributed by atoms with van der Waals surface area (Å²) in [6.45, 7) is 6.05. The maximum absolute atomic E-state index is 12.3. The van der Waals surface area contributed by atoms with E-state index >= 15 is 0 Å². The van der Waals surface area contributed by atoms with Crippen LogP contribution in [0.5, 0.6) is 5.75 Å². The Bertz CT molecular complexity index is 651. The molecule has 0 bridgehead atoms. The quantitative estimate of drug-likeness (QED) is 0.887. The van der Waals surface area contributed by atoms with Gasteiger partial charge in [-0.3, -0.25) is 4.79 Å². The van der Waals surface area contributed by atoms with E-state index < -0.39 is 0 Å². The Morgan fingerprint density at radius 3 is 2.59 bits per heavy atom. The minimum Gasteiger partial charge on any atom is -0.495 e. The molecule has 2 N–H and O–H groups in total. The normalized spacial score (nSPS) is 10.4. The Hall–Kier alpha value is -2.56. The van der Waals surface area contributed by atoms with Crippen molar-refractivity contribution >= 4 is 17.3 Å². The van der Waals surface area contributed by atoms with Gasteiger partial charge in [0.1, 0.15) is 11.4 Å². The molecule has 1 aromatic heterocycles. The number of aryl methyl sites for hydroxylation is 1. The molecule has 0 aliphatic rings. The molecule has 0 unspecified atom stereocenters. The predicted octanol–water partition coefficient (Wildman–Crippen LogP) is 3.47. The molecule has 0 aliphatic heterocycles. The number of hydrogen-bond acceptors (Lipinski definition) is 4. The highest BCUT2D eigenvalue weighted by Crippen LogP contribution is 2.25. The van der Waals surface area contributed by atoms with Gasteiger partial charge in [0.15, 0.2) is 0 Å².